The standard InChI is InChI=1S/C17H25NO3/c1-14-7-3-4-8-15(14)21-12-11-18(2)16(19)13-17(20)9-5-6-10-17/h3-4,7-8,20H,5-6,9-13H2,1-2H3. The van der Waals surface area contributed by atoms with Gasteiger partial charge in [0.1, 0.15) is 12.4 Å². The minimum Gasteiger partial charge on any atom is -0.491 e. The van der Waals surface area contributed by atoms with Crippen molar-refractivity contribution < 1.29 is 14.6 Å². The number of hydrogen-bond acceptors (Lipinski definition) is 3. The van der Waals surface area contributed by atoms with Crippen molar-refractivity contribution in [2.75, 3.05) is 20.2 Å². The molecule has 1 aliphatic carbocycles. The number of nitrogens with zero attached hydrogens (tertiary/aromatic N) is 1. The maximum atomic E-state index is 12.1. The van der Waals surface area contributed by atoms with Crippen LogP contribution in [0.25, 0.3) is 0 Å². The third-order valence-electron chi connectivity index (χ3n) is 4.22. The summed E-state index contributed by atoms with van der Waals surface area (Å²) in [5.74, 6) is 0.848. The lowest BCUT2D eigenvalue weighted by Gasteiger charge is -2.25. The molecule has 0 aliphatic heterocycles. The van der Waals surface area contributed by atoms with Crippen molar-refractivity contribution >= 4 is 5.91 Å². The van der Waals surface area contributed by atoms with E-state index in [1.54, 1.807) is 11.9 Å². The van der Waals surface area contributed by atoms with Crippen LogP contribution in [-0.4, -0.2) is 41.7 Å². The van der Waals surface area contributed by atoms with Gasteiger partial charge in [0, 0.05) is 7.05 Å². The zero-order valence-corrected chi connectivity index (χ0v) is 13.0. The third-order valence-corrected chi connectivity index (χ3v) is 4.22. The summed E-state index contributed by atoms with van der Waals surface area (Å²) >= 11 is 0. The molecule has 1 fully saturated rings. The van der Waals surface area contributed by atoms with E-state index in [0.29, 0.717) is 13.2 Å². The second-order valence-electron chi connectivity index (χ2n) is 6.04. The Balaban J connectivity index is 1.75. The molecule has 0 radical (unpaired) electrons. The summed E-state index contributed by atoms with van der Waals surface area (Å²) < 4.78 is 5.70. The Morgan fingerprint density at radius 2 is 2.00 bits per heavy atom. The number of carbonyl (C=O) groups is 1. The fourth-order valence-corrected chi connectivity index (χ4v) is 2.76. The van der Waals surface area contributed by atoms with Crippen LogP contribution in [0.1, 0.15) is 37.7 Å². The van der Waals surface area contributed by atoms with Gasteiger partial charge in [-0.2, -0.15) is 0 Å². The number of aryl methyl sites for hydroxylation is 1. The first-order chi connectivity index (χ1) is 10.0. The van der Waals surface area contributed by atoms with Crippen molar-refractivity contribution in [3.63, 3.8) is 0 Å². The molecular formula is C17H25NO3. The highest BCUT2D eigenvalue weighted by molar-refractivity contribution is 5.77. The van der Waals surface area contributed by atoms with Gasteiger partial charge in [-0.05, 0) is 31.4 Å². The van der Waals surface area contributed by atoms with E-state index in [0.717, 1.165) is 37.0 Å². The summed E-state index contributed by atoms with van der Waals surface area (Å²) in [7, 11) is 1.77. The molecule has 4 heteroatoms. The summed E-state index contributed by atoms with van der Waals surface area (Å²) in [4.78, 5) is 13.8. The van der Waals surface area contributed by atoms with E-state index in [1.165, 1.54) is 0 Å². The minimum absolute atomic E-state index is 0.00668. The van der Waals surface area contributed by atoms with E-state index in [-0.39, 0.29) is 12.3 Å². The predicted molar refractivity (Wildman–Crippen MR) is 82.3 cm³/mol. The van der Waals surface area contributed by atoms with Crippen molar-refractivity contribution in [1.82, 2.24) is 4.90 Å². The van der Waals surface area contributed by atoms with Gasteiger partial charge in [-0.25, -0.2) is 0 Å². The zero-order valence-electron chi connectivity index (χ0n) is 13.0. The topological polar surface area (TPSA) is 49.8 Å². The lowest BCUT2D eigenvalue weighted by atomic mass is 9.97. The summed E-state index contributed by atoms with van der Waals surface area (Å²) in [6, 6.07) is 7.84. The molecular weight excluding hydrogens is 266 g/mol. The average Bonchev–Trinajstić information content (AvgIpc) is 2.87. The number of likely N-dealkylation sites (N-methyl/N-ethyl adjacent to an activating group) is 1. The molecule has 116 valence electrons. The maximum absolute atomic E-state index is 12.1. The molecule has 21 heavy (non-hydrogen) atoms. The molecule has 0 aromatic heterocycles. The lowest BCUT2D eigenvalue weighted by Crippen LogP contribution is -2.37. The fourth-order valence-electron chi connectivity index (χ4n) is 2.76. The van der Waals surface area contributed by atoms with Gasteiger partial charge in [-0.15, -0.1) is 0 Å². The minimum atomic E-state index is -0.776. The molecule has 0 spiro atoms. The number of hydrogen-bond donors (Lipinski definition) is 1. The van der Waals surface area contributed by atoms with E-state index in [1.807, 2.05) is 31.2 Å². The van der Waals surface area contributed by atoms with E-state index in [2.05, 4.69) is 0 Å². The van der Waals surface area contributed by atoms with Crippen LogP contribution in [0.15, 0.2) is 24.3 Å². The van der Waals surface area contributed by atoms with E-state index < -0.39 is 5.60 Å². The highest BCUT2D eigenvalue weighted by Gasteiger charge is 2.34. The number of ether oxygens (including phenoxy) is 1. The second kappa shape index (κ2) is 6.94. The molecule has 0 unspecified atom stereocenters. The van der Waals surface area contributed by atoms with Crippen molar-refractivity contribution in [3.05, 3.63) is 29.8 Å². The molecule has 1 saturated carbocycles. The molecule has 1 aromatic rings. The lowest BCUT2D eigenvalue weighted by molar-refractivity contribution is -0.135. The molecule has 0 heterocycles. The Morgan fingerprint density at radius 3 is 2.67 bits per heavy atom. The molecule has 0 atom stereocenters. The van der Waals surface area contributed by atoms with Crippen LogP contribution in [0, 0.1) is 6.92 Å². The first-order valence-corrected chi connectivity index (χ1v) is 7.65. The third kappa shape index (κ3) is 4.46. The molecule has 1 N–H and O–H groups in total. The molecule has 1 aliphatic rings. The van der Waals surface area contributed by atoms with Crippen LogP contribution in [0.5, 0.6) is 5.75 Å². The molecule has 2 rings (SSSR count). The van der Waals surface area contributed by atoms with Gasteiger partial charge in [0.05, 0.1) is 18.6 Å². The Hall–Kier alpha value is -1.55. The highest BCUT2D eigenvalue weighted by Crippen LogP contribution is 2.32. The second-order valence-corrected chi connectivity index (χ2v) is 6.04. The number of benzene rings is 1. The van der Waals surface area contributed by atoms with Crippen LogP contribution < -0.4 is 4.74 Å². The molecule has 0 bridgehead atoms. The van der Waals surface area contributed by atoms with Gasteiger partial charge < -0.3 is 14.7 Å². The van der Waals surface area contributed by atoms with Crippen LogP contribution in [0.2, 0.25) is 0 Å². The quantitative estimate of drug-likeness (QED) is 0.876. The number of rotatable bonds is 6. The summed E-state index contributed by atoms with van der Waals surface area (Å²) in [6.07, 6.45) is 3.75. The molecule has 0 saturated heterocycles. The first-order valence-electron chi connectivity index (χ1n) is 7.65. The van der Waals surface area contributed by atoms with Crippen LogP contribution in [-0.2, 0) is 4.79 Å². The Kier molecular flexibility index (Phi) is 5.23. The average molecular weight is 291 g/mol. The fraction of sp³-hybridized carbons (Fsp3) is 0.588. The van der Waals surface area contributed by atoms with Crippen molar-refractivity contribution in [2.24, 2.45) is 0 Å². The summed E-state index contributed by atoms with van der Waals surface area (Å²) in [6.45, 7) is 2.99. The molecule has 1 aromatic carbocycles. The van der Waals surface area contributed by atoms with E-state index >= 15 is 0 Å². The summed E-state index contributed by atoms with van der Waals surface area (Å²) in [5.41, 5.74) is 0.314. The number of para-hydroxylation sites is 1. The monoisotopic (exact) mass is 291 g/mol. The van der Waals surface area contributed by atoms with Gasteiger partial charge >= 0.3 is 0 Å². The van der Waals surface area contributed by atoms with E-state index in [9.17, 15) is 9.90 Å². The molecule has 1 amide bonds. The van der Waals surface area contributed by atoms with Crippen molar-refractivity contribution in [3.8, 4) is 5.75 Å². The highest BCUT2D eigenvalue weighted by atomic mass is 16.5. The Morgan fingerprint density at radius 1 is 1.33 bits per heavy atom. The van der Waals surface area contributed by atoms with E-state index in [4.69, 9.17) is 4.74 Å². The van der Waals surface area contributed by atoms with Gasteiger partial charge in [0.25, 0.3) is 0 Å². The van der Waals surface area contributed by atoms with Gasteiger partial charge in [0.2, 0.25) is 5.91 Å². The maximum Gasteiger partial charge on any atom is 0.225 e. The number of carbonyl (C=O) groups excluding carboxylic acids is 1. The zero-order chi connectivity index (χ0) is 15.3. The SMILES string of the molecule is Cc1ccccc1OCCN(C)C(=O)CC1(O)CCCC1. The Labute approximate surface area is 126 Å². The van der Waals surface area contributed by atoms with Crippen LogP contribution in [0.3, 0.4) is 0 Å². The van der Waals surface area contributed by atoms with Gasteiger partial charge in [0.15, 0.2) is 0 Å². The number of aliphatic hydroxyl groups is 1. The smallest absolute Gasteiger partial charge is 0.225 e. The normalized spacial score (nSPS) is 16.7. The molecule has 4 nitrogen and oxygen atoms in total. The first kappa shape index (κ1) is 15.8. The predicted octanol–water partition coefficient (Wildman–Crippen LogP) is 2.53. The van der Waals surface area contributed by atoms with Crippen LogP contribution in [0.4, 0.5) is 0 Å². The van der Waals surface area contributed by atoms with Gasteiger partial charge in [-0.3, -0.25) is 4.79 Å². The largest absolute Gasteiger partial charge is 0.491 e. The van der Waals surface area contributed by atoms with Crippen molar-refractivity contribution in [2.45, 2.75) is 44.6 Å². The van der Waals surface area contributed by atoms with Crippen molar-refractivity contribution in [1.29, 1.82) is 0 Å². The van der Waals surface area contributed by atoms with Crippen LogP contribution >= 0.6 is 0 Å². The summed E-state index contributed by atoms with van der Waals surface area (Å²) in [5, 5.41) is 10.3. The number of amides is 1. The van der Waals surface area contributed by atoms with Gasteiger partial charge in [-0.1, -0.05) is 31.0 Å². The Bertz CT molecular complexity index is 481.